The Morgan fingerprint density at radius 3 is 2.62 bits per heavy atom. The molecule has 0 bridgehead atoms. The van der Waals surface area contributed by atoms with Gasteiger partial charge in [-0.15, -0.1) is 0 Å². The molecule has 40 heavy (non-hydrogen) atoms. The van der Waals surface area contributed by atoms with Crippen molar-refractivity contribution >= 4 is 16.6 Å². The van der Waals surface area contributed by atoms with Crippen LogP contribution < -0.4 is 10.1 Å². The van der Waals surface area contributed by atoms with Crippen LogP contribution in [0.15, 0.2) is 36.4 Å². The number of nitriles is 1. The predicted molar refractivity (Wildman–Crippen MR) is 138 cm³/mol. The minimum absolute atomic E-state index is 0.0240. The molecule has 0 amide bonds. The monoisotopic (exact) mass is 565 g/mol. The number of fused-ring (bicyclic) bond motifs is 3. The van der Waals surface area contributed by atoms with E-state index in [1.807, 2.05) is 0 Å². The van der Waals surface area contributed by atoms with Crippen molar-refractivity contribution < 1.29 is 31.1 Å². The van der Waals surface area contributed by atoms with Crippen LogP contribution in [-0.4, -0.2) is 72.5 Å². The van der Waals surface area contributed by atoms with E-state index >= 15 is 0 Å². The quantitative estimate of drug-likeness (QED) is 0.312. The smallest absolute Gasteiger partial charge is 0.401 e. The highest BCUT2D eigenvalue weighted by Crippen LogP contribution is 2.45. The second-order valence-corrected chi connectivity index (χ2v) is 10.4. The first-order valence-electron chi connectivity index (χ1n) is 13.1. The van der Waals surface area contributed by atoms with Gasteiger partial charge in [-0.25, -0.2) is 0 Å². The molecule has 2 atom stereocenters. The second kappa shape index (κ2) is 11.2. The first kappa shape index (κ1) is 28.1. The summed E-state index contributed by atoms with van der Waals surface area (Å²) in [6, 6.07) is 10.1. The molecule has 1 fully saturated rings. The second-order valence-electron chi connectivity index (χ2n) is 10.4. The molecular formula is C28H29F6N5O. The number of ether oxygens (including phenoxy) is 1. The van der Waals surface area contributed by atoms with Gasteiger partial charge in [-0.1, -0.05) is 12.1 Å². The molecule has 2 aromatic carbocycles. The fourth-order valence-corrected chi connectivity index (χ4v) is 5.83. The standard InChI is InChI=1S/C28H29F6N5O/c1-16-9-22-20-5-3-17(12-35)10-23(20)37-25(22)26(39(16)15-28(32,33)34)21-6-4-18(11-24(21)40-27(30)31)36-19-13-38(14-19)8-2-7-29/h3-6,10-11,16,19,26-27,36-37H,2,7-9,13-15H2,1H3/t16-,26-/m1/s1. The molecule has 1 saturated heterocycles. The Labute approximate surface area is 227 Å². The number of halogens is 6. The largest absolute Gasteiger partial charge is 0.434 e. The van der Waals surface area contributed by atoms with Crippen molar-refractivity contribution in [2.45, 2.75) is 50.7 Å². The van der Waals surface area contributed by atoms with Gasteiger partial charge in [0.05, 0.1) is 36.9 Å². The Bertz CT molecular complexity index is 1390. The number of anilines is 1. The van der Waals surface area contributed by atoms with E-state index in [4.69, 9.17) is 4.74 Å². The Balaban J connectivity index is 1.55. The first-order valence-corrected chi connectivity index (χ1v) is 13.1. The molecule has 3 heterocycles. The predicted octanol–water partition coefficient (Wildman–Crippen LogP) is 5.99. The summed E-state index contributed by atoms with van der Waals surface area (Å²) >= 11 is 0. The van der Waals surface area contributed by atoms with Crippen molar-refractivity contribution in [2.24, 2.45) is 0 Å². The molecule has 0 saturated carbocycles. The van der Waals surface area contributed by atoms with Gasteiger partial charge in [0.2, 0.25) is 0 Å². The summed E-state index contributed by atoms with van der Waals surface area (Å²) in [6.45, 7) is -1.20. The number of H-pyrrole nitrogens is 1. The number of nitrogens with one attached hydrogen (secondary N) is 2. The fraction of sp³-hybridized carbons (Fsp3) is 0.464. The van der Waals surface area contributed by atoms with E-state index in [1.54, 1.807) is 31.2 Å². The summed E-state index contributed by atoms with van der Waals surface area (Å²) in [5, 5.41) is 13.3. The summed E-state index contributed by atoms with van der Waals surface area (Å²) in [4.78, 5) is 6.51. The average molecular weight is 566 g/mol. The van der Waals surface area contributed by atoms with Gasteiger partial charge in [0.1, 0.15) is 5.75 Å². The van der Waals surface area contributed by atoms with Gasteiger partial charge < -0.3 is 15.0 Å². The van der Waals surface area contributed by atoms with Crippen LogP contribution in [0.2, 0.25) is 0 Å². The normalized spacial score (nSPS) is 20.4. The molecule has 1 aromatic heterocycles. The van der Waals surface area contributed by atoms with Gasteiger partial charge >= 0.3 is 12.8 Å². The van der Waals surface area contributed by atoms with Crippen molar-refractivity contribution in [1.29, 1.82) is 5.26 Å². The highest BCUT2D eigenvalue weighted by molar-refractivity contribution is 5.86. The summed E-state index contributed by atoms with van der Waals surface area (Å²) < 4.78 is 85.8. The van der Waals surface area contributed by atoms with E-state index in [9.17, 15) is 31.6 Å². The maximum Gasteiger partial charge on any atom is 0.401 e. The first-order chi connectivity index (χ1) is 19.1. The molecule has 6 nitrogen and oxygen atoms in total. The Hall–Kier alpha value is -3.43. The third-order valence-corrected chi connectivity index (χ3v) is 7.56. The van der Waals surface area contributed by atoms with Gasteiger partial charge in [-0.2, -0.15) is 27.2 Å². The van der Waals surface area contributed by atoms with Crippen LogP contribution in [0, 0.1) is 11.3 Å². The number of nitrogens with zero attached hydrogens (tertiary/aromatic N) is 3. The third kappa shape index (κ3) is 5.86. The van der Waals surface area contributed by atoms with E-state index in [-0.39, 0.29) is 17.4 Å². The van der Waals surface area contributed by atoms with E-state index in [0.717, 1.165) is 10.9 Å². The van der Waals surface area contributed by atoms with Crippen LogP contribution in [0.25, 0.3) is 10.9 Å². The lowest BCUT2D eigenvalue weighted by Gasteiger charge is -2.42. The molecule has 2 aliphatic rings. The number of rotatable bonds is 9. The Morgan fingerprint density at radius 1 is 1.18 bits per heavy atom. The Morgan fingerprint density at radius 2 is 1.95 bits per heavy atom. The third-order valence-electron chi connectivity index (χ3n) is 7.56. The van der Waals surface area contributed by atoms with Crippen LogP contribution in [0.4, 0.5) is 32.0 Å². The SMILES string of the molecule is C[C@@H]1Cc2c([nH]c3cc(C#N)ccc23)[C@@H](c2ccc(NC3CN(CCCF)C3)cc2OC(F)F)N1CC(F)(F)F. The summed E-state index contributed by atoms with van der Waals surface area (Å²) in [7, 11) is 0. The molecule has 3 aromatic rings. The molecule has 214 valence electrons. The zero-order valence-electron chi connectivity index (χ0n) is 21.7. The van der Waals surface area contributed by atoms with E-state index in [2.05, 4.69) is 21.3 Å². The summed E-state index contributed by atoms with van der Waals surface area (Å²) in [5.74, 6) is -0.220. The molecule has 0 aliphatic carbocycles. The maximum atomic E-state index is 13.8. The van der Waals surface area contributed by atoms with Crippen molar-refractivity contribution in [3.05, 3.63) is 58.8 Å². The number of alkyl halides is 6. The molecule has 2 aliphatic heterocycles. The minimum atomic E-state index is -4.53. The van der Waals surface area contributed by atoms with Crippen LogP contribution in [0.5, 0.6) is 5.75 Å². The van der Waals surface area contributed by atoms with Crippen molar-refractivity contribution in [3.8, 4) is 11.8 Å². The summed E-state index contributed by atoms with van der Waals surface area (Å²) in [5.41, 5.74) is 2.88. The van der Waals surface area contributed by atoms with Gasteiger partial charge in [0, 0.05) is 59.6 Å². The zero-order valence-corrected chi connectivity index (χ0v) is 21.7. The lowest BCUT2D eigenvalue weighted by Crippen LogP contribution is -2.54. The Kier molecular flexibility index (Phi) is 7.88. The number of likely N-dealkylation sites (tertiary alicyclic amines) is 1. The molecule has 2 N–H and O–H groups in total. The highest BCUT2D eigenvalue weighted by atomic mass is 19.4. The lowest BCUT2D eigenvalue weighted by molar-refractivity contribution is -0.155. The van der Waals surface area contributed by atoms with Crippen LogP contribution in [0.1, 0.15) is 41.8 Å². The van der Waals surface area contributed by atoms with Crippen LogP contribution in [-0.2, 0) is 6.42 Å². The van der Waals surface area contributed by atoms with E-state index < -0.39 is 38.1 Å². The van der Waals surface area contributed by atoms with E-state index in [1.165, 1.54) is 17.0 Å². The highest BCUT2D eigenvalue weighted by Gasteiger charge is 2.43. The fourth-order valence-electron chi connectivity index (χ4n) is 5.83. The molecule has 0 radical (unpaired) electrons. The van der Waals surface area contributed by atoms with Gasteiger partial charge in [0.25, 0.3) is 0 Å². The van der Waals surface area contributed by atoms with Gasteiger partial charge in [-0.05, 0) is 43.5 Å². The number of aromatic nitrogens is 1. The number of aromatic amines is 1. The van der Waals surface area contributed by atoms with Gasteiger partial charge in [0.15, 0.2) is 0 Å². The molecule has 0 unspecified atom stereocenters. The lowest BCUT2D eigenvalue weighted by atomic mass is 9.88. The zero-order chi connectivity index (χ0) is 28.6. The minimum Gasteiger partial charge on any atom is -0.434 e. The summed E-state index contributed by atoms with van der Waals surface area (Å²) in [6.07, 6.45) is -3.79. The number of hydrogen-bond donors (Lipinski definition) is 2. The van der Waals surface area contributed by atoms with Crippen LogP contribution in [0.3, 0.4) is 0 Å². The topological polar surface area (TPSA) is 67.3 Å². The molecular weight excluding hydrogens is 536 g/mol. The van der Waals surface area contributed by atoms with E-state index in [0.29, 0.717) is 54.9 Å². The van der Waals surface area contributed by atoms with Crippen LogP contribution >= 0.6 is 0 Å². The van der Waals surface area contributed by atoms with Crippen molar-refractivity contribution in [2.75, 3.05) is 38.2 Å². The average Bonchev–Trinajstić information content (AvgIpc) is 3.22. The maximum absolute atomic E-state index is 13.8. The van der Waals surface area contributed by atoms with Gasteiger partial charge in [-0.3, -0.25) is 14.2 Å². The van der Waals surface area contributed by atoms with Crippen molar-refractivity contribution in [3.63, 3.8) is 0 Å². The molecule has 0 spiro atoms. The van der Waals surface area contributed by atoms with Crippen molar-refractivity contribution in [1.82, 2.24) is 14.8 Å². The number of benzene rings is 2. The molecule has 12 heteroatoms. The number of hydrogen-bond acceptors (Lipinski definition) is 5. The molecule has 5 rings (SSSR count).